The fraction of sp³-hybridized carbons (Fsp3) is 0.333. The minimum Gasteiger partial charge on any atom is -0.491 e. The van der Waals surface area contributed by atoms with Crippen LogP contribution in [-0.2, 0) is 0 Å². The summed E-state index contributed by atoms with van der Waals surface area (Å²) in [5.74, 6) is -1.04. The molecule has 0 aromatic heterocycles. The molecule has 0 bridgehead atoms. The lowest BCUT2D eigenvalue weighted by Gasteiger charge is -2.07. The molecule has 5 heteroatoms. The first kappa shape index (κ1) is 9.33. The number of halogens is 3. The number of fused-ring (bicyclic) bond motifs is 1. The monoisotopic (exact) mass is 203 g/mol. The van der Waals surface area contributed by atoms with Crippen molar-refractivity contribution in [2.24, 2.45) is 5.73 Å². The molecule has 2 N–H and O–H groups in total. The van der Waals surface area contributed by atoms with Crippen molar-refractivity contribution in [2.45, 2.75) is 12.5 Å². The van der Waals surface area contributed by atoms with Crippen molar-refractivity contribution in [3.05, 3.63) is 29.1 Å². The fourth-order valence-electron chi connectivity index (χ4n) is 1.51. The molecule has 1 aliphatic rings. The summed E-state index contributed by atoms with van der Waals surface area (Å²) in [5, 5.41) is 0. The largest absolute Gasteiger partial charge is 0.491 e. The first-order valence-electron chi connectivity index (χ1n) is 4.10. The van der Waals surface area contributed by atoms with Crippen molar-refractivity contribution < 1.29 is 17.9 Å². The van der Waals surface area contributed by atoms with Crippen molar-refractivity contribution in [3.8, 4) is 5.75 Å². The molecule has 0 spiro atoms. The highest BCUT2D eigenvalue weighted by Crippen LogP contribution is 2.40. The first-order valence-corrected chi connectivity index (χ1v) is 4.10. The van der Waals surface area contributed by atoms with Crippen LogP contribution in [0, 0.1) is 5.82 Å². The topological polar surface area (TPSA) is 35.2 Å². The Bertz CT molecular complexity index is 367. The van der Waals surface area contributed by atoms with Gasteiger partial charge in [0.15, 0.2) is 0 Å². The van der Waals surface area contributed by atoms with Crippen LogP contribution in [0.15, 0.2) is 12.1 Å². The van der Waals surface area contributed by atoms with E-state index in [1.54, 1.807) is 0 Å². The highest BCUT2D eigenvalue weighted by molar-refractivity contribution is 5.47. The van der Waals surface area contributed by atoms with Crippen LogP contribution >= 0.6 is 0 Å². The predicted molar refractivity (Wildman–Crippen MR) is 43.8 cm³/mol. The number of hydrogen-bond acceptors (Lipinski definition) is 2. The van der Waals surface area contributed by atoms with Gasteiger partial charge in [0.2, 0.25) is 0 Å². The third-order valence-corrected chi connectivity index (χ3v) is 2.20. The van der Waals surface area contributed by atoms with Gasteiger partial charge in [0.05, 0.1) is 11.6 Å². The molecule has 1 aromatic rings. The van der Waals surface area contributed by atoms with Crippen molar-refractivity contribution >= 4 is 0 Å². The second-order valence-electron chi connectivity index (χ2n) is 3.10. The Morgan fingerprint density at radius 1 is 1.43 bits per heavy atom. The van der Waals surface area contributed by atoms with Crippen LogP contribution in [0.4, 0.5) is 13.2 Å². The summed E-state index contributed by atoms with van der Waals surface area (Å²) < 4.78 is 42.9. The highest BCUT2D eigenvalue weighted by atomic mass is 19.3. The quantitative estimate of drug-likeness (QED) is 0.759. The molecule has 2 rings (SSSR count). The van der Waals surface area contributed by atoms with Crippen LogP contribution in [0.1, 0.15) is 23.6 Å². The molecule has 76 valence electrons. The molecule has 0 fully saturated rings. The van der Waals surface area contributed by atoms with Gasteiger partial charge in [0.25, 0.3) is 6.43 Å². The van der Waals surface area contributed by atoms with E-state index in [-0.39, 0.29) is 12.4 Å². The van der Waals surface area contributed by atoms with Gasteiger partial charge in [-0.05, 0) is 6.07 Å². The minimum atomic E-state index is -2.88. The molecule has 0 amide bonds. The van der Waals surface area contributed by atoms with Gasteiger partial charge in [-0.1, -0.05) is 6.07 Å². The molecule has 0 aliphatic carbocycles. The lowest BCUT2D eigenvalue weighted by Crippen LogP contribution is -2.10. The number of benzene rings is 1. The lowest BCUT2D eigenvalue weighted by atomic mass is 10.1. The summed E-state index contributed by atoms with van der Waals surface area (Å²) in [4.78, 5) is 0. The van der Waals surface area contributed by atoms with Gasteiger partial charge in [0.1, 0.15) is 18.2 Å². The van der Waals surface area contributed by atoms with Crippen LogP contribution in [0.25, 0.3) is 0 Å². The molecule has 0 saturated carbocycles. The van der Waals surface area contributed by atoms with Gasteiger partial charge >= 0.3 is 0 Å². The molecular weight excluding hydrogens is 195 g/mol. The zero-order chi connectivity index (χ0) is 10.3. The fourth-order valence-corrected chi connectivity index (χ4v) is 1.51. The summed E-state index contributed by atoms with van der Waals surface area (Å²) in [6.07, 6.45) is -2.88. The molecule has 1 atom stereocenters. The van der Waals surface area contributed by atoms with Gasteiger partial charge in [-0.15, -0.1) is 0 Å². The minimum absolute atomic E-state index is 0.0903. The van der Waals surface area contributed by atoms with Crippen LogP contribution < -0.4 is 10.5 Å². The van der Waals surface area contributed by atoms with Gasteiger partial charge in [0, 0.05) is 5.56 Å². The summed E-state index contributed by atoms with van der Waals surface area (Å²) in [7, 11) is 0. The van der Waals surface area contributed by atoms with Crippen molar-refractivity contribution in [1.82, 2.24) is 0 Å². The van der Waals surface area contributed by atoms with E-state index in [4.69, 9.17) is 10.5 Å². The van der Waals surface area contributed by atoms with E-state index < -0.39 is 23.8 Å². The van der Waals surface area contributed by atoms with Crippen LogP contribution in [0.2, 0.25) is 0 Å². The van der Waals surface area contributed by atoms with E-state index in [1.165, 1.54) is 6.07 Å². The number of hydrogen-bond donors (Lipinski definition) is 1. The predicted octanol–water partition coefficient (Wildman–Crippen LogP) is 2.16. The SMILES string of the molecule is NC1COc2c1ccc(F)c2C(F)F. The normalized spacial score (nSPS) is 19.6. The smallest absolute Gasteiger partial charge is 0.270 e. The molecule has 1 aliphatic heterocycles. The Balaban J connectivity index is 2.59. The third-order valence-electron chi connectivity index (χ3n) is 2.20. The van der Waals surface area contributed by atoms with Crippen LogP contribution in [0.5, 0.6) is 5.75 Å². The van der Waals surface area contributed by atoms with Crippen molar-refractivity contribution in [3.63, 3.8) is 0 Å². The lowest BCUT2D eigenvalue weighted by molar-refractivity contribution is 0.141. The number of ether oxygens (including phenoxy) is 1. The average molecular weight is 203 g/mol. The van der Waals surface area contributed by atoms with Crippen LogP contribution in [-0.4, -0.2) is 6.61 Å². The van der Waals surface area contributed by atoms with E-state index in [0.29, 0.717) is 5.56 Å². The van der Waals surface area contributed by atoms with Crippen molar-refractivity contribution in [2.75, 3.05) is 6.61 Å². The Hall–Kier alpha value is -1.23. The van der Waals surface area contributed by atoms with Crippen LogP contribution in [0.3, 0.4) is 0 Å². The van der Waals surface area contributed by atoms with Gasteiger partial charge in [-0.25, -0.2) is 13.2 Å². The molecule has 1 unspecified atom stereocenters. The van der Waals surface area contributed by atoms with Gasteiger partial charge in [-0.2, -0.15) is 0 Å². The molecule has 2 nitrogen and oxygen atoms in total. The van der Waals surface area contributed by atoms with E-state index in [2.05, 4.69) is 0 Å². The zero-order valence-corrected chi connectivity index (χ0v) is 7.14. The maximum atomic E-state index is 13.0. The van der Waals surface area contributed by atoms with E-state index in [1.807, 2.05) is 0 Å². The maximum absolute atomic E-state index is 13.0. The molecule has 1 heterocycles. The third kappa shape index (κ3) is 1.24. The molecule has 0 radical (unpaired) electrons. The Morgan fingerprint density at radius 3 is 2.79 bits per heavy atom. The number of rotatable bonds is 1. The summed E-state index contributed by atoms with van der Waals surface area (Å²) in [6, 6.07) is 1.94. The Kier molecular flexibility index (Phi) is 2.11. The summed E-state index contributed by atoms with van der Waals surface area (Å²) in [5.41, 5.74) is 5.33. The summed E-state index contributed by atoms with van der Waals surface area (Å²) >= 11 is 0. The van der Waals surface area contributed by atoms with Crippen molar-refractivity contribution in [1.29, 1.82) is 0 Å². The highest BCUT2D eigenvalue weighted by Gasteiger charge is 2.29. The number of nitrogens with two attached hydrogens (primary N) is 1. The van der Waals surface area contributed by atoms with E-state index >= 15 is 0 Å². The standard InChI is InChI=1S/C9H8F3NO/c10-5-2-1-4-6(13)3-14-8(4)7(5)9(11)12/h1-2,6,9H,3,13H2. The summed E-state index contributed by atoms with van der Waals surface area (Å²) in [6.45, 7) is 0.124. The molecule has 1 aromatic carbocycles. The maximum Gasteiger partial charge on any atom is 0.270 e. The second-order valence-corrected chi connectivity index (χ2v) is 3.10. The van der Waals surface area contributed by atoms with Gasteiger partial charge < -0.3 is 10.5 Å². The zero-order valence-electron chi connectivity index (χ0n) is 7.14. The van der Waals surface area contributed by atoms with E-state index in [0.717, 1.165) is 6.07 Å². The first-order chi connectivity index (χ1) is 6.61. The molecular formula is C9H8F3NO. The van der Waals surface area contributed by atoms with Gasteiger partial charge in [-0.3, -0.25) is 0 Å². The molecule has 0 saturated heterocycles. The molecule has 14 heavy (non-hydrogen) atoms. The van der Waals surface area contributed by atoms with E-state index in [9.17, 15) is 13.2 Å². The average Bonchev–Trinajstić information content (AvgIpc) is 2.47. The Labute approximate surface area is 78.5 Å². The second kappa shape index (κ2) is 3.16. The Morgan fingerprint density at radius 2 is 2.14 bits per heavy atom. The number of alkyl halides is 2.